The van der Waals surface area contributed by atoms with Gasteiger partial charge in [0.15, 0.2) is 0 Å². The Morgan fingerprint density at radius 1 is 1.20 bits per heavy atom. The molecule has 0 saturated heterocycles. The van der Waals surface area contributed by atoms with E-state index in [0.29, 0.717) is 16.3 Å². The van der Waals surface area contributed by atoms with Crippen LogP contribution in [0.5, 0.6) is 11.5 Å². The Kier molecular flexibility index (Phi) is 5.15. The van der Waals surface area contributed by atoms with Crippen molar-refractivity contribution in [1.82, 2.24) is 5.32 Å². The van der Waals surface area contributed by atoms with Crippen LogP contribution in [0.3, 0.4) is 0 Å². The Morgan fingerprint density at radius 3 is 2.45 bits per heavy atom. The second-order valence-corrected chi connectivity index (χ2v) is 5.35. The zero-order valence-corrected chi connectivity index (χ0v) is 13.1. The molecule has 2 aromatic carbocycles. The van der Waals surface area contributed by atoms with Crippen LogP contribution >= 0.6 is 15.9 Å². The zero-order chi connectivity index (χ0) is 14.5. The summed E-state index contributed by atoms with van der Waals surface area (Å²) in [4.78, 5) is 0. The van der Waals surface area contributed by atoms with Crippen LogP contribution in [0, 0.1) is 5.82 Å². The van der Waals surface area contributed by atoms with Gasteiger partial charge in [0, 0.05) is 6.04 Å². The van der Waals surface area contributed by atoms with E-state index >= 15 is 0 Å². The first kappa shape index (κ1) is 15.0. The van der Waals surface area contributed by atoms with Gasteiger partial charge >= 0.3 is 0 Å². The summed E-state index contributed by atoms with van der Waals surface area (Å²) in [5, 5.41) is 3.26. The van der Waals surface area contributed by atoms with Crippen molar-refractivity contribution in [2.45, 2.75) is 19.4 Å². The van der Waals surface area contributed by atoms with Crippen LogP contribution in [-0.2, 0) is 0 Å². The Labute approximate surface area is 127 Å². The van der Waals surface area contributed by atoms with E-state index in [0.717, 1.165) is 12.2 Å². The van der Waals surface area contributed by atoms with Gasteiger partial charge in [-0.1, -0.05) is 19.1 Å². The summed E-state index contributed by atoms with van der Waals surface area (Å²) in [7, 11) is 1.95. The molecule has 0 saturated carbocycles. The van der Waals surface area contributed by atoms with Crippen LogP contribution in [0.15, 0.2) is 46.9 Å². The molecule has 0 aromatic heterocycles. The fourth-order valence-corrected chi connectivity index (χ4v) is 2.49. The molecular weight excluding hydrogens is 321 g/mol. The van der Waals surface area contributed by atoms with E-state index in [1.807, 2.05) is 31.3 Å². The molecule has 0 aliphatic rings. The number of hydrogen-bond acceptors (Lipinski definition) is 2. The van der Waals surface area contributed by atoms with Crippen molar-refractivity contribution in [2.75, 3.05) is 7.05 Å². The molecule has 0 bridgehead atoms. The second kappa shape index (κ2) is 6.86. The highest BCUT2D eigenvalue weighted by Crippen LogP contribution is 2.30. The van der Waals surface area contributed by atoms with Gasteiger partial charge in [0.1, 0.15) is 17.3 Å². The minimum absolute atomic E-state index is 0.292. The topological polar surface area (TPSA) is 21.3 Å². The number of halogens is 2. The van der Waals surface area contributed by atoms with Gasteiger partial charge in [-0.2, -0.15) is 0 Å². The van der Waals surface area contributed by atoms with Gasteiger partial charge in [-0.25, -0.2) is 4.39 Å². The molecule has 2 nitrogen and oxygen atoms in total. The second-order valence-electron chi connectivity index (χ2n) is 4.50. The highest BCUT2D eigenvalue weighted by Gasteiger charge is 2.07. The third-order valence-corrected chi connectivity index (χ3v) is 3.78. The first-order valence-electron chi connectivity index (χ1n) is 6.54. The van der Waals surface area contributed by atoms with Gasteiger partial charge in [-0.3, -0.25) is 0 Å². The minimum atomic E-state index is -0.292. The third-order valence-electron chi connectivity index (χ3n) is 3.16. The maximum absolute atomic E-state index is 13.0. The average Bonchev–Trinajstić information content (AvgIpc) is 2.45. The fraction of sp³-hybridized carbons (Fsp3) is 0.250. The lowest BCUT2D eigenvalue weighted by atomic mass is 10.0. The van der Waals surface area contributed by atoms with Crippen LogP contribution in [0.1, 0.15) is 24.9 Å². The molecule has 0 radical (unpaired) electrons. The molecule has 0 amide bonds. The molecule has 2 aromatic rings. The van der Waals surface area contributed by atoms with Crippen molar-refractivity contribution in [3.05, 3.63) is 58.3 Å². The molecule has 1 atom stereocenters. The maximum atomic E-state index is 13.0. The van der Waals surface area contributed by atoms with Crippen molar-refractivity contribution in [3.63, 3.8) is 0 Å². The molecule has 0 aliphatic heterocycles. The van der Waals surface area contributed by atoms with Crippen LogP contribution in [0.2, 0.25) is 0 Å². The van der Waals surface area contributed by atoms with Crippen molar-refractivity contribution >= 4 is 15.9 Å². The number of ether oxygens (including phenoxy) is 1. The highest BCUT2D eigenvalue weighted by molar-refractivity contribution is 9.10. The summed E-state index contributed by atoms with van der Waals surface area (Å²) >= 11 is 3.29. The Morgan fingerprint density at radius 2 is 1.90 bits per heavy atom. The van der Waals surface area contributed by atoms with E-state index in [-0.39, 0.29) is 5.82 Å². The standard InChI is InChI=1S/C16H17BrFNO/c1-3-15(19-2)11-4-7-13(8-5-11)20-16-9-6-12(18)10-14(16)17/h4-10,15,19H,3H2,1-2H3. The highest BCUT2D eigenvalue weighted by atomic mass is 79.9. The summed E-state index contributed by atoms with van der Waals surface area (Å²) in [6.45, 7) is 2.14. The van der Waals surface area contributed by atoms with E-state index in [1.54, 1.807) is 6.07 Å². The quantitative estimate of drug-likeness (QED) is 0.824. The Hall–Kier alpha value is -1.39. The van der Waals surface area contributed by atoms with E-state index < -0.39 is 0 Å². The van der Waals surface area contributed by atoms with Gasteiger partial charge in [0.2, 0.25) is 0 Å². The van der Waals surface area contributed by atoms with Gasteiger partial charge in [0.25, 0.3) is 0 Å². The normalized spacial score (nSPS) is 12.2. The summed E-state index contributed by atoms with van der Waals surface area (Å²) in [6.07, 6.45) is 1.03. The Bertz CT molecular complexity index is 567. The van der Waals surface area contributed by atoms with Gasteiger partial charge < -0.3 is 10.1 Å². The summed E-state index contributed by atoms with van der Waals surface area (Å²) < 4.78 is 19.3. The largest absolute Gasteiger partial charge is 0.456 e. The van der Waals surface area contributed by atoms with Crippen LogP contribution in [-0.4, -0.2) is 7.05 Å². The van der Waals surface area contributed by atoms with E-state index in [4.69, 9.17) is 4.74 Å². The molecule has 106 valence electrons. The van der Waals surface area contributed by atoms with E-state index in [1.165, 1.54) is 17.7 Å². The molecule has 2 rings (SSSR count). The molecule has 1 unspecified atom stereocenters. The van der Waals surface area contributed by atoms with Crippen LogP contribution in [0.4, 0.5) is 4.39 Å². The predicted octanol–water partition coefficient (Wildman–Crippen LogP) is 5.05. The lowest BCUT2D eigenvalue weighted by Gasteiger charge is -2.15. The number of nitrogens with one attached hydrogen (secondary N) is 1. The summed E-state index contributed by atoms with van der Waals surface area (Å²) in [5.74, 6) is 1.03. The molecule has 0 fully saturated rings. The minimum Gasteiger partial charge on any atom is -0.456 e. The fourth-order valence-electron chi connectivity index (χ4n) is 2.06. The monoisotopic (exact) mass is 337 g/mol. The van der Waals surface area contributed by atoms with E-state index in [9.17, 15) is 4.39 Å². The molecular formula is C16H17BrFNO. The molecule has 0 heterocycles. The maximum Gasteiger partial charge on any atom is 0.141 e. The van der Waals surface area contributed by atoms with Gasteiger partial charge in [0.05, 0.1) is 4.47 Å². The summed E-state index contributed by atoms with van der Waals surface area (Å²) in [5.41, 5.74) is 1.22. The molecule has 1 N–H and O–H groups in total. The van der Waals surface area contributed by atoms with Crippen LogP contribution < -0.4 is 10.1 Å². The first-order valence-corrected chi connectivity index (χ1v) is 7.33. The van der Waals surface area contributed by atoms with Crippen molar-refractivity contribution < 1.29 is 9.13 Å². The van der Waals surface area contributed by atoms with Crippen molar-refractivity contribution in [1.29, 1.82) is 0 Å². The molecule has 0 aliphatic carbocycles. The SMILES string of the molecule is CCC(NC)c1ccc(Oc2ccc(F)cc2Br)cc1. The van der Waals surface area contributed by atoms with Gasteiger partial charge in [-0.15, -0.1) is 0 Å². The van der Waals surface area contributed by atoms with Crippen molar-refractivity contribution in [3.8, 4) is 11.5 Å². The lowest BCUT2D eigenvalue weighted by Crippen LogP contribution is -2.14. The summed E-state index contributed by atoms with van der Waals surface area (Å²) in [6, 6.07) is 12.6. The van der Waals surface area contributed by atoms with Crippen molar-refractivity contribution in [2.24, 2.45) is 0 Å². The Balaban J connectivity index is 2.14. The first-order chi connectivity index (χ1) is 9.63. The number of benzene rings is 2. The lowest BCUT2D eigenvalue weighted by molar-refractivity contribution is 0.476. The van der Waals surface area contributed by atoms with Crippen LogP contribution in [0.25, 0.3) is 0 Å². The number of hydrogen-bond donors (Lipinski definition) is 1. The molecule has 4 heteroatoms. The average molecular weight is 338 g/mol. The molecule has 20 heavy (non-hydrogen) atoms. The van der Waals surface area contributed by atoms with E-state index in [2.05, 4.69) is 28.2 Å². The van der Waals surface area contributed by atoms with Gasteiger partial charge in [-0.05, 0) is 65.3 Å². The predicted molar refractivity (Wildman–Crippen MR) is 82.7 cm³/mol. The molecule has 0 spiro atoms. The smallest absolute Gasteiger partial charge is 0.141 e. The number of rotatable bonds is 5. The zero-order valence-electron chi connectivity index (χ0n) is 11.5. The third kappa shape index (κ3) is 3.58.